The molecule has 0 bridgehead atoms. The Kier molecular flexibility index (Phi) is 5.54. The Morgan fingerprint density at radius 1 is 0.962 bits per heavy atom. The first-order valence-electron chi connectivity index (χ1n) is 8.97. The average Bonchev–Trinajstić information content (AvgIpc) is 2.63. The Balaban J connectivity index is 1.66. The van der Waals surface area contributed by atoms with Crippen LogP contribution in [-0.2, 0) is 10.2 Å². The number of nitrogens with zero attached hydrogens (tertiary/aromatic N) is 2. The van der Waals surface area contributed by atoms with Gasteiger partial charge in [0, 0.05) is 42.6 Å². The third kappa shape index (κ3) is 4.19. The number of carbonyl (C=O) groups excluding carboxylic acids is 1. The van der Waals surface area contributed by atoms with E-state index in [0.717, 1.165) is 37.4 Å². The number of hydrogen-bond acceptors (Lipinski definition) is 3. The molecular formula is C21H26ClN3O. The number of nitrogens with one attached hydrogen (secondary N) is 1. The number of likely N-dealkylation sites (N-methyl/N-ethyl adjacent to an activating group) is 1. The molecule has 1 aliphatic rings. The summed E-state index contributed by atoms with van der Waals surface area (Å²) in [6.07, 6.45) is 0. The first-order chi connectivity index (χ1) is 12.4. The molecule has 5 heteroatoms. The van der Waals surface area contributed by atoms with Crippen molar-refractivity contribution in [3.8, 4) is 0 Å². The maximum absolute atomic E-state index is 12.8. The number of benzene rings is 2. The van der Waals surface area contributed by atoms with Gasteiger partial charge in [-0.1, -0.05) is 23.7 Å². The predicted octanol–water partition coefficient (Wildman–Crippen LogP) is 4.01. The zero-order valence-electron chi connectivity index (χ0n) is 15.6. The van der Waals surface area contributed by atoms with Crippen molar-refractivity contribution in [1.82, 2.24) is 4.90 Å². The van der Waals surface area contributed by atoms with E-state index < -0.39 is 5.41 Å². The van der Waals surface area contributed by atoms with Crippen LogP contribution in [-0.4, -0.2) is 44.0 Å². The van der Waals surface area contributed by atoms with Gasteiger partial charge in [-0.15, -0.1) is 0 Å². The summed E-state index contributed by atoms with van der Waals surface area (Å²) >= 11 is 5.95. The summed E-state index contributed by atoms with van der Waals surface area (Å²) in [5.41, 5.74) is 2.32. The highest BCUT2D eigenvalue weighted by atomic mass is 35.5. The Hall–Kier alpha value is -2.04. The smallest absolute Gasteiger partial charge is 0.234 e. The lowest BCUT2D eigenvalue weighted by Gasteiger charge is -2.34. The lowest BCUT2D eigenvalue weighted by Crippen LogP contribution is -2.44. The van der Waals surface area contributed by atoms with Crippen molar-refractivity contribution in [3.63, 3.8) is 0 Å². The van der Waals surface area contributed by atoms with E-state index in [-0.39, 0.29) is 5.91 Å². The molecule has 2 aromatic carbocycles. The highest BCUT2D eigenvalue weighted by molar-refractivity contribution is 6.30. The molecule has 1 N–H and O–H groups in total. The number of hydrogen-bond donors (Lipinski definition) is 1. The number of anilines is 2. The molecule has 0 radical (unpaired) electrons. The van der Waals surface area contributed by atoms with Gasteiger partial charge in [-0.3, -0.25) is 4.79 Å². The fourth-order valence-corrected chi connectivity index (χ4v) is 3.23. The minimum Gasteiger partial charge on any atom is -0.369 e. The van der Waals surface area contributed by atoms with Crippen LogP contribution >= 0.6 is 11.6 Å². The predicted molar refractivity (Wildman–Crippen MR) is 109 cm³/mol. The summed E-state index contributed by atoms with van der Waals surface area (Å²) in [5, 5.41) is 3.70. The van der Waals surface area contributed by atoms with E-state index in [2.05, 4.69) is 34.3 Å². The van der Waals surface area contributed by atoms with Gasteiger partial charge in [0.1, 0.15) is 0 Å². The van der Waals surface area contributed by atoms with Gasteiger partial charge in [0.15, 0.2) is 0 Å². The van der Waals surface area contributed by atoms with Gasteiger partial charge in [-0.05, 0) is 62.9 Å². The minimum absolute atomic E-state index is 0.0350. The quantitative estimate of drug-likeness (QED) is 0.882. The molecule has 138 valence electrons. The van der Waals surface area contributed by atoms with Crippen molar-refractivity contribution in [2.45, 2.75) is 19.3 Å². The molecule has 26 heavy (non-hydrogen) atoms. The third-order valence-corrected chi connectivity index (χ3v) is 5.38. The van der Waals surface area contributed by atoms with Crippen LogP contribution in [0.2, 0.25) is 5.02 Å². The van der Waals surface area contributed by atoms with Gasteiger partial charge in [0.25, 0.3) is 0 Å². The zero-order chi connectivity index (χ0) is 18.7. The lowest BCUT2D eigenvalue weighted by molar-refractivity contribution is -0.120. The van der Waals surface area contributed by atoms with Crippen LogP contribution in [0.15, 0.2) is 48.5 Å². The van der Waals surface area contributed by atoms with Gasteiger partial charge in [0.2, 0.25) is 5.91 Å². The fourth-order valence-electron chi connectivity index (χ4n) is 3.11. The van der Waals surface area contributed by atoms with Crippen LogP contribution in [0, 0.1) is 0 Å². The van der Waals surface area contributed by atoms with Crippen molar-refractivity contribution < 1.29 is 4.79 Å². The molecular weight excluding hydrogens is 346 g/mol. The lowest BCUT2D eigenvalue weighted by atomic mass is 9.83. The number of piperazine rings is 1. The zero-order valence-corrected chi connectivity index (χ0v) is 16.4. The topological polar surface area (TPSA) is 35.6 Å². The molecule has 0 aromatic heterocycles. The molecule has 0 atom stereocenters. The molecule has 1 heterocycles. The standard InChI is InChI=1S/C21H26ClN3O/c1-21(2,16-4-6-17(22)7-5-16)20(26)23-18-8-10-19(11-9-18)25-14-12-24(3)13-15-25/h4-11H,12-15H2,1-3H3,(H,23,26). The van der Waals surface area contributed by atoms with Crippen LogP contribution < -0.4 is 10.2 Å². The Morgan fingerprint density at radius 2 is 1.54 bits per heavy atom. The number of rotatable bonds is 4. The molecule has 4 nitrogen and oxygen atoms in total. The van der Waals surface area contributed by atoms with Gasteiger partial charge < -0.3 is 15.1 Å². The molecule has 1 fully saturated rings. The average molecular weight is 372 g/mol. The number of carbonyl (C=O) groups is 1. The summed E-state index contributed by atoms with van der Waals surface area (Å²) in [5.74, 6) is -0.0350. The van der Waals surface area contributed by atoms with Crippen LogP contribution in [0.1, 0.15) is 19.4 Å². The van der Waals surface area contributed by atoms with E-state index >= 15 is 0 Å². The fraction of sp³-hybridized carbons (Fsp3) is 0.381. The van der Waals surface area contributed by atoms with E-state index in [1.54, 1.807) is 0 Å². The highest BCUT2D eigenvalue weighted by Gasteiger charge is 2.29. The summed E-state index contributed by atoms with van der Waals surface area (Å²) in [6.45, 7) is 8.06. The molecule has 3 rings (SSSR count). The Morgan fingerprint density at radius 3 is 2.12 bits per heavy atom. The maximum Gasteiger partial charge on any atom is 0.234 e. The first kappa shape index (κ1) is 18.7. The van der Waals surface area contributed by atoms with Crippen molar-refractivity contribution in [1.29, 1.82) is 0 Å². The number of halogens is 1. The molecule has 1 saturated heterocycles. The molecule has 1 amide bonds. The maximum atomic E-state index is 12.8. The first-order valence-corrected chi connectivity index (χ1v) is 9.35. The molecule has 0 saturated carbocycles. The molecule has 0 aliphatic carbocycles. The van der Waals surface area contributed by atoms with Gasteiger partial charge in [-0.2, -0.15) is 0 Å². The second-order valence-corrected chi connectivity index (χ2v) is 7.86. The largest absolute Gasteiger partial charge is 0.369 e. The SMILES string of the molecule is CN1CCN(c2ccc(NC(=O)C(C)(C)c3ccc(Cl)cc3)cc2)CC1. The second kappa shape index (κ2) is 7.68. The van der Waals surface area contributed by atoms with Crippen LogP contribution in [0.5, 0.6) is 0 Å². The Bertz CT molecular complexity index is 748. The van der Waals surface area contributed by atoms with Crippen LogP contribution in [0.4, 0.5) is 11.4 Å². The van der Waals surface area contributed by atoms with E-state index in [9.17, 15) is 4.79 Å². The van der Waals surface area contributed by atoms with E-state index in [4.69, 9.17) is 11.6 Å². The van der Waals surface area contributed by atoms with Crippen LogP contribution in [0.3, 0.4) is 0 Å². The van der Waals surface area contributed by atoms with E-state index in [1.165, 1.54) is 5.69 Å². The second-order valence-electron chi connectivity index (χ2n) is 7.42. The van der Waals surface area contributed by atoms with Gasteiger partial charge in [-0.25, -0.2) is 0 Å². The van der Waals surface area contributed by atoms with E-state index in [1.807, 2.05) is 50.2 Å². The minimum atomic E-state index is -0.638. The van der Waals surface area contributed by atoms with Crippen molar-refractivity contribution in [2.75, 3.05) is 43.4 Å². The van der Waals surface area contributed by atoms with Gasteiger partial charge >= 0.3 is 0 Å². The summed E-state index contributed by atoms with van der Waals surface area (Å²) in [7, 11) is 2.15. The van der Waals surface area contributed by atoms with Crippen molar-refractivity contribution in [2.24, 2.45) is 0 Å². The van der Waals surface area contributed by atoms with Crippen molar-refractivity contribution >= 4 is 28.9 Å². The highest BCUT2D eigenvalue weighted by Crippen LogP contribution is 2.27. The molecule has 0 unspecified atom stereocenters. The van der Waals surface area contributed by atoms with Crippen molar-refractivity contribution in [3.05, 3.63) is 59.1 Å². The Labute approximate surface area is 160 Å². The molecule has 2 aromatic rings. The summed E-state index contributed by atoms with van der Waals surface area (Å²) in [6, 6.07) is 15.5. The summed E-state index contributed by atoms with van der Waals surface area (Å²) < 4.78 is 0. The third-order valence-electron chi connectivity index (χ3n) is 5.13. The number of amides is 1. The van der Waals surface area contributed by atoms with Crippen LogP contribution in [0.25, 0.3) is 0 Å². The molecule has 0 spiro atoms. The normalized spacial score (nSPS) is 15.8. The monoisotopic (exact) mass is 371 g/mol. The van der Waals surface area contributed by atoms with E-state index in [0.29, 0.717) is 5.02 Å². The van der Waals surface area contributed by atoms with Gasteiger partial charge in [0.05, 0.1) is 5.41 Å². The molecule has 1 aliphatic heterocycles. The summed E-state index contributed by atoms with van der Waals surface area (Å²) in [4.78, 5) is 17.5.